The molecule has 0 atom stereocenters. The second kappa shape index (κ2) is 5.62. The molecule has 0 spiro atoms. The Morgan fingerprint density at radius 3 is 2.50 bits per heavy atom. The average molecular weight is 324 g/mol. The minimum absolute atomic E-state index is 0.104. The highest BCUT2D eigenvalue weighted by Gasteiger charge is 2.32. The first kappa shape index (κ1) is 14.9. The Morgan fingerprint density at radius 2 is 1.82 bits per heavy atom. The molecule has 22 heavy (non-hydrogen) atoms. The van der Waals surface area contributed by atoms with Gasteiger partial charge in [-0.05, 0) is 41.3 Å². The molecule has 2 nitrogen and oxygen atoms in total. The van der Waals surface area contributed by atoms with Crippen molar-refractivity contribution in [3.63, 3.8) is 0 Å². The van der Waals surface area contributed by atoms with E-state index in [1.807, 2.05) is 30.3 Å². The van der Waals surface area contributed by atoms with Crippen LogP contribution in [0, 0.1) is 0 Å². The molecule has 0 fully saturated rings. The van der Waals surface area contributed by atoms with E-state index in [1.54, 1.807) is 17.4 Å². The number of aliphatic hydroxyl groups excluding tert-OH is 1. The summed E-state index contributed by atoms with van der Waals surface area (Å²) in [7, 11) is 0. The predicted molar refractivity (Wildman–Crippen MR) is 79.9 cm³/mol. The van der Waals surface area contributed by atoms with Gasteiger partial charge >= 0.3 is 6.36 Å². The number of hydrogen-bond donors (Lipinski definition) is 1. The highest BCUT2D eigenvalue weighted by molar-refractivity contribution is 7.22. The van der Waals surface area contributed by atoms with E-state index in [2.05, 4.69) is 4.74 Å². The minimum Gasteiger partial charge on any atom is -0.405 e. The van der Waals surface area contributed by atoms with Gasteiger partial charge in [-0.2, -0.15) is 0 Å². The van der Waals surface area contributed by atoms with Crippen molar-refractivity contribution in [1.29, 1.82) is 0 Å². The van der Waals surface area contributed by atoms with Gasteiger partial charge < -0.3 is 9.84 Å². The van der Waals surface area contributed by atoms with Crippen LogP contribution in [0.5, 0.6) is 5.75 Å². The van der Waals surface area contributed by atoms with Crippen molar-refractivity contribution in [2.24, 2.45) is 0 Å². The number of aliphatic hydroxyl groups is 1. The second-order valence-electron chi connectivity index (χ2n) is 4.68. The smallest absolute Gasteiger partial charge is 0.405 e. The molecule has 2 aromatic carbocycles. The monoisotopic (exact) mass is 324 g/mol. The quantitative estimate of drug-likeness (QED) is 0.738. The molecule has 1 heterocycles. The summed E-state index contributed by atoms with van der Waals surface area (Å²) in [6.45, 7) is -0.524. The van der Waals surface area contributed by atoms with Gasteiger partial charge in [-0.1, -0.05) is 18.2 Å². The Kier molecular flexibility index (Phi) is 3.80. The van der Waals surface area contributed by atoms with E-state index in [0.29, 0.717) is 0 Å². The van der Waals surface area contributed by atoms with E-state index in [1.165, 1.54) is 12.1 Å². The third-order valence-corrected chi connectivity index (χ3v) is 4.33. The van der Waals surface area contributed by atoms with Gasteiger partial charge in [0.1, 0.15) is 5.75 Å². The van der Waals surface area contributed by atoms with E-state index >= 15 is 0 Å². The fraction of sp³-hybridized carbons (Fsp3) is 0.125. The van der Waals surface area contributed by atoms with Crippen LogP contribution in [0.2, 0.25) is 0 Å². The lowest BCUT2D eigenvalue weighted by atomic mass is 10.1. The lowest BCUT2D eigenvalue weighted by Crippen LogP contribution is -2.18. The first-order valence-electron chi connectivity index (χ1n) is 6.45. The molecule has 0 unspecified atom stereocenters. The maximum atomic E-state index is 12.3. The molecule has 0 bridgehead atoms. The molecule has 0 radical (unpaired) electrons. The number of rotatable bonds is 3. The Labute approximate surface area is 128 Å². The number of hydrogen-bond acceptors (Lipinski definition) is 3. The Hall–Kier alpha value is -2.05. The summed E-state index contributed by atoms with van der Waals surface area (Å²) >= 11 is 1.54. The highest BCUT2D eigenvalue weighted by Crippen LogP contribution is 2.36. The van der Waals surface area contributed by atoms with Gasteiger partial charge in [-0.15, -0.1) is 24.5 Å². The number of thiophene rings is 1. The van der Waals surface area contributed by atoms with Crippen molar-refractivity contribution in [2.75, 3.05) is 0 Å². The maximum absolute atomic E-state index is 12.3. The van der Waals surface area contributed by atoms with Crippen LogP contribution in [0.1, 0.15) is 5.56 Å². The molecular formula is C16H11F3O2S. The fourth-order valence-electron chi connectivity index (χ4n) is 2.20. The van der Waals surface area contributed by atoms with Gasteiger partial charge in [0.05, 0.1) is 6.61 Å². The van der Waals surface area contributed by atoms with Crippen molar-refractivity contribution in [1.82, 2.24) is 0 Å². The summed E-state index contributed by atoms with van der Waals surface area (Å²) in [5.74, 6) is -0.375. The molecule has 0 aliphatic heterocycles. The van der Waals surface area contributed by atoms with Crippen LogP contribution in [0.3, 0.4) is 0 Å². The van der Waals surface area contributed by atoms with Gasteiger partial charge in [0.2, 0.25) is 0 Å². The molecule has 114 valence electrons. The number of alkyl halides is 3. The van der Waals surface area contributed by atoms with Gasteiger partial charge in [0.15, 0.2) is 0 Å². The van der Waals surface area contributed by atoms with Crippen LogP contribution in [0.15, 0.2) is 48.5 Å². The summed E-state index contributed by atoms with van der Waals surface area (Å²) in [4.78, 5) is 0.925. The SMILES string of the molecule is OCc1cc(-c2cc3ccccc3s2)ccc1OC(F)(F)F. The average Bonchev–Trinajstić information content (AvgIpc) is 2.90. The van der Waals surface area contributed by atoms with Gasteiger partial charge in [0, 0.05) is 15.1 Å². The highest BCUT2D eigenvalue weighted by atomic mass is 32.1. The molecular weight excluding hydrogens is 313 g/mol. The molecule has 3 aromatic rings. The molecule has 0 saturated heterocycles. The third kappa shape index (κ3) is 3.08. The molecule has 0 saturated carbocycles. The van der Waals surface area contributed by atoms with Crippen LogP contribution < -0.4 is 4.74 Å². The van der Waals surface area contributed by atoms with Crippen molar-refractivity contribution in [3.05, 3.63) is 54.1 Å². The van der Waals surface area contributed by atoms with Crippen molar-refractivity contribution in [2.45, 2.75) is 13.0 Å². The van der Waals surface area contributed by atoms with Crippen molar-refractivity contribution >= 4 is 21.4 Å². The van der Waals surface area contributed by atoms with E-state index in [4.69, 9.17) is 0 Å². The zero-order valence-electron chi connectivity index (χ0n) is 11.2. The van der Waals surface area contributed by atoms with Crippen LogP contribution in [-0.4, -0.2) is 11.5 Å². The maximum Gasteiger partial charge on any atom is 0.573 e. The molecule has 0 amide bonds. The lowest BCUT2D eigenvalue weighted by Gasteiger charge is -2.13. The van der Waals surface area contributed by atoms with E-state index in [9.17, 15) is 18.3 Å². The number of benzene rings is 2. The van der Waals surface area contributed by atoms with Crippen molar-refractivity contribution in [3.8, 4) is 16.2 Å². The predicted octanol–water partition coefficient (Wildman–Crippen LogP) is 4.96. The molecule has 3 rings (SSSR count). The largest absolute Gasteiger partial charge is 0.573 e. The minimum atomic E-state index is -4.77. The van der Waals surface area contributed by atoms with Crippen LogP contribution in [0.25, 0.3) is 20.5 Å². The van der Waals surface area contributed by atoms with Crippen LogP contribution in [0.4, 0.5) is 13.2 Å². The normalized spacial score (nSPS) is 11.8. The molecule has 1 N–H and O–H groups in total. The van der Waals surface area contributed by atoms with Crippen LogP contribution in [-0.2, 0) is 6.61 Å². The van der Waals surface area contributed by atoms with Gasteiger partial charge in [-0.3, -0.25) is 0 Å². The summed E-state index contributed by atoms with van der Waals surface area (Å²) in [5.41, 5.74) is 0.854. The zero-order chi connectivity index (χ0) is 15.7. The topological polar surface area (TPSA) is 29.5 Å². The van der Waals surface area contributed by atoms with E-state index in [-0.39, 0.29) is 11.3 Å². The van der Waals surface area contributed by atoms with Crippen LogP contribution >= 0.6 is 11.3 Å². The summed E-state index contributed by atoms with van der Waals surface area (Å²) in [6, 6.07) is 14.1. The summed E-state index contributed by atoms with van der Waals surface area (Å²) in [5, 5.41) is 10.4. The zero-order valence-corrected chi connectivity index (χ0v) is 12.0. The lowest BCUT2D eigenvalue weighted by molar-refractivity contribution is -0.275. The fourth-order valence-corrected chi connectivity index (χ4v) is 3.26. The summed E-state index contributed by atoms with van der Waals surface area (Å²) < 4.78 is 42.0. The molecule has 0 aliphatic carbocycles. The number of halogens is 3. The van der Waals surface area contributed by atoms with Gasteiger partial charge in [-0.25, -0.2) is 0 Å². The third-order valence-electron chi connectivity index (χ3n) is 3.17. The first-order chi connectivity index (χ1) is 10.5. The van der Waals surface area contributed by atoms with Crippen molar-refractivity contribution < 1.29 is 23.0 Å². The first-order valence-corrected chi connectivity index (χ1v) is 7.26. The second-order valence-corrected chi connectivity index (χ2v) is 5.76. The van der Waals surface area contributed by atoms with Gasteiger partial charge in [0.25, 0.3) is 0 Å². The molecule has 1 aromatic heterocycles. The summed E-state index contributed by atoms with van der Waals surface area (Å²) in [6.07, 6.45) is -4.77. The Balaban J connectivity index is 2.01. The van der Waals surface area contributed by atoms with E-state index < -0.39 is 13.0 Å². The number of fused-ring (bicyclic) bond motifs is 1. The van der Waals surface area contributed by atoms with E-state index in [0.717, 1.165) is 20.5 Å². The molecule has 6 heteroatoms. The molecule has 0 aliphatic rings. The Bertz CT molecular complexity index is 776. The Morgan fingerprint density at radius 1 is 1.05 bits per heavy atom. The number of ether oxygens (including phenoxy) is 1. The standard InChI is InChI=1S/C16H11F3O2S/c17-16(18,19)21-13-6-5-11(7-12(13)9-20)15-8-10-3-1-2-4-14(10)22-15/h1-8,20H,9H2.